The maximum Gasteiger partial charge on any atom is 0.373 e. The van der Waals surface area contributed by atoms with Crippen molar-refractivity contribution >= 4 is 12.2 Å². The molecule has 0 spiro atoms. The molecule has 1 aromatic carbocycles. The van der Waals surface area contributed by atoms with Crippen LogP contribution in [0.25, 0.3) is 0 Å². The molecule has 5 nitrogen and oxygen atoms in total. The van der Waals surface area contributed by atoms with E-state index in [2.05, 4.69) is 9.89 Å². The smallest absolute Gasteiger partial charge is 0.373 e. The Hall–Kier alpha value is -2.30. The summed E-state index contributed by atoms with van der Waals surface area (Å²) >= 11 is 0. The van der Waals surface area contributed by atoms with Gasteiger partial charge >= 0.3 is 5.97 Å². The topological polar surface area (TPSA) is 68.1 Å². The molecule has 0 amide bonds. The zero-order chi connectivity index (χ0) is 13.4. The quantitative estimate of drug-likeness (QED) is 0.217. The summed E-state index contributed by atoms with van der Waals surface area (Å²) in [4.78, 5) is 11.3. The van der Waals surface area contributed by atoms with Crippen molar-refractivity contribution in [3.05, 3.63) is 41.7 Å². The number of rotatable bonds is 5. The molecule has 1 rings (SSSR count). The molecule has 0 fully saturated rings. The van der Waals surface area contributed by atoms with Crippen LogP contribution in [0.3, 0.4) is 0 Å². The molecule has 96 valence electrons. The second-order valence-electron chi connectivity index (χ2n) is 3.40. The molecule has 0 radical (unpaired) electrons. The zero-order valence-electron chi connectivity index (χ0n) is 10.3. The van der Waals surface area contributed by atoms with Crippen LogP contribution >= 0.6 is 0 Å². The van der Waals surface area contributed by atoms with Gasteiger partial charge in [-0.2, -0.15) is 0 Å². The number of hydrogen-bond acceptors (Lipinski definition) is 5. The number of ether oxygens (including phenoxy) is 2. The van der Waals surface area contributed by atoms with Crippen molar-refractivity contribution in [3.8, 4) is 5.75 Å². The molecular formula is C13H15NO4. The van der Waals surface area contributed by atoms with Crippen molar-refractivity contribution in [2.24, 2.45) is 5.16 Å². The monoisotopic (exact) mass is 249 g/mol. The molecule has 0 aliphatic carbocycles. The van der Waals surface area contributed by atoms with Crippen LogP contribution in [0.5, 0.6) is 5.75 Å². The third kappa shape index (κ3) is 3.93. The summed E-state index contributed by atoms with van der Waals surface area (Å²) in [5.41, 5.74) is 0.908. The average Bonchev–Trinajstić information content (AvgIpc) is 2.42. The standard InChI is InChI=1S/C13H15NO4/c1-3-12(13(15)17-2)18-11-6-4-5-10(9-11)7-8-14-16/h3-6,8-9,16H,7H2,1-2H3. The minimum absolute atomic E-state index is 0.130. The lowest BCUT2D eigenvalue weighted by molar-refractivity contribution is -0.138. The lowest BCUT2D eigenvalue weighted by atomic mass is 10.1. The molecule has 0 aliphatic rings. The lowest BCUT2D eigenvalue weighted by Gasteiger charge is -2.08. The van der Waals surface area contributed by atoms with Gasteiger partial charge < -0.3 is 14.7 Å². The summed E-state index contributed by atoms with van der Waals surface area (Å²) in [7, 11) is 1.29. The molecule has 0 heterocycles. The van der Waals surface area contributed by atoms with Crippen LogP contribution in [0.1, 0.15) is 12.5 Å². The van der Waals surface area contributed by atoms with Crippen molar-refractivity contribution in [2.75, 3.05) is 7.11 Å². The summed E-state index contributed by atoms with van der Waals surface area (Å²) in [6.07, 6.45) is 3.39. The molecular weight excluding hydrogens is 234 g/mol. The number of esters is 1. The van der Waals surface area contributed by atoms with Gasteiger partial charge in [0.05, 0.1) is 7.11 Å². The van der Waals surface area contributed by atoms with Crippen LogP contribution in [-0.4, -0.2) is 24.5 Å². The van der Waals surface area contributed by atoms with E-state index in [1.54, 1.807) is 25.1 Å². The fourth-order valence-corrected chi connectivity index (χ4v) is 1.33. The minimum Gasteiger partial charge on any atom is -0.463 e. The van der Waals surface area contributed by atoms with Gasteiger partial charge in [0.1, 0.15) is 5.75 Å². The van der Waals surface area contributed by atoms with Gasteiger partial charge in [-0.25, -0.2) is 4.79 Å². The average molecular weight is 249 g/mol. The van der Waals surface area contributed by atoms with E-state index < -0.39 is 5.97 Å². The Morgan fingerprint density at radius 1 is 1.50 bits per heavy atom. The highest BCUT2D eigenvalue weighted by molar-refractivity contribution is 5.86. The minimum atomic E-state index is -0.528. The Labute approximate surface area is 105 Å². The van der Waals surface area contributed by atoms with E-state index in [-0.39, 0.29) is 5.76 Å². The normalized spacial score (nSPS) is 11.6. The second kappa shape index (κ2) is 7.11. The maximum absolute atomic E-state index is 11.3. The van der Waals surface area contributed by atoms with E-state index in [0.717, 1.165) is 5.56 Å². The van der Waals surface area contributed by atoms with Gasteiger partial charge in [0.15, 0.2) is 0 Å². The van der Waals surface area contributed by atoms with Crippen molar-refractivity contribution in [3.63, 3.8) is 0 Å². The number of oxime groups is 1. The Bertz CT molecular complexity index is 466. The van der Waals surface area contributed by atoms with E-state index in [4.69, 9.17) is 9.94 Å². The summed E-state index contributed by atoms with van der Waals surface area (Å²) in [5.74, 6) is 0.127. The number of hydrogen-bond donors (Lipinski definition) is 1. The maximum atomic E-state index is 11.3. The Morgan fingerprint density at radius 2 is 2.28 bits per heavy atom. The largest absolute Gasteiger partial charge is 0.463 e. The first-order valence-corrected chi connectivity index (χ1v) is 5.38. The van der Waals surface area contributed by atoms with Crippen molar-refractivity contribution in [2.45, 2.75) is 13.3 Å². The summed E-state index contributed by atoms with van der Waals surface area (Å²) in [6, 6.07) is 7.14. The van der Waals surface area contributed by atoms with Gasteiger partial charge in [-0.1, -0.05) is 12.1 Å². The van der Waals surface area contributed by atoms with Gasteiger partial charge in [-0.15, -0.1) is 5.16 Å². The van der Waals surface area contributed by atoms with Gasteiger partial charge in [0.25, 0.3) is 0 Å². The van der Waals surface area contributed by atoms with Gasteiger partial charge in [0, 0.05) is 12.6 Å². The van der Waals surface area contributed by atoms with Crippen LogP contribution < -0.4 is 4.74 Å². The number of carbonyl (C=O) groups is 1. The molecule has 0 aliphatic heterocycles. The van der Waals surface area contributed by atoms with Crippen molar-refractivity contribution in [1.29, 1.82) is 0 Å². The van der Waals surface area contributed by atoms with E-state index >= 15 is 0 Å². The third-order valence-electron chi connectivity index (χ3n) is 2.18. The number of nitrogens with zero attached hydrogens (tertiary/aromatic N) is 1. The Balaban J connectivity index is 2.81. The van der Waals surface area contributed by atoms with Gasteiger partial charge in [-0.3, -0.25) is 0 Å². The first-order valence-electron chi connectivity index (χ1n) is 5.38. The van der Waals surface area contributed by atoms with Crippen molar-refractivity contribution in [1.82, 2.24) is 0 Å². The highest BCUT2D eigenvalue weighted by atomic mass is 16.6. The lowest BCUT2D eigenvalue weighted by Crippen LogP contribution is -2.10. The Kier molecular flexibility index (Phi) is 5.44. The first-order chi connectivity index (χ1) is 8.71. The summed E-state index contributed by atoms with van der Waals surface area (Å²) in [5, 5.41) is 11.3. The molecule has 1 N–H and O–H groups in total. The van der Waals surface area contributed by atoms with Crippen LogP contribution in [0, 0.1) is 0 Å². The predicted octanol–water partition coefficient (Wildman–Crippen LogP) is 2.14. The molecule has 0 saturated carbocycles. The van der Waals surface area contributed by atoms with Crippen molar-refractivity contribution < 1.29 is 19.5 Å². The van der Waals surface area contributed by atoms with E-state index in [0.29, 0.717) is 12.2 Å². The third-order valence-corrected chi connectivity index (χ3v) is 2.18. The van der Waals surface area contributed by atoms with Crippen LogP contribution in [0.2, 0.25) is 0 Å². The SMILES string of the molecule is CC=C(Oc1cccc(CC=NO)c1)C(=O)OC. The molecule has 0 saturated heterocycles. The molecule has 0 atom stereocenters. The fourth-order valence-electron chi connectivity index (χ4n) is 1.33. The van der Waals surface area contributed by atoms with E-state index in [9.17, 15) is 4.79 Å². The van der Waals surface area contributed by atoms with Gasteiger partial charge in [0.2, 0.25) is 5.76 Å². The number of benzene rings is 1. The van der Waals surface area contributed by atoms with Gasteiger partial charge in [-0.05, 0) is 30.7 Å². The highest BCUT2D eigenvalue weighted by Gasteiger charge is 2.10. The molecule has 1 aromatic rings. The van der Waals surface area contributed by atoms with E-state index in [1.165, 1.54) is 19.4 Å². The second-order valence-corrected chi connectivity index (χ2v) is 3.40. The molecule has 0 aromatic heterocycles. The van der Waals surface area contributed by atoms with Crippen LogP contribution in [-0.2, 0) is 16.0 Å². The molecule has 5 heteroatoms. The predicted molar refractivity (Wildman–Crippen MR) is 66.8 cm³/mol. The number of methoxy groups -OCH3 is 1. The Morgan fingerprint density at radius 3 is 2.89 bits per heavy atom. The molecule has 18 heavy (non-hydrogen) atoms. The van der Waals surface area contributed by atoms with Crippen LogP contribution in [0.4, 0.5) is 0 Å². The fraction of sp³-hybridized carbons (Fsp3) is 0.231. The number of carbonyl (C=O) groups excluding carboxylic acids is 1. The summed E-state index contributed by atoms with van der Waals surface area (Å²) < 4.78 is 10.0. The van der Waals surface area contributed by atoms with E-state index in [1.807, 2.05) is 6.07 Å². The summed E-state index contributed by atoms with van der Waals surface area (Å²) in [6.45, 7) is 1.69. The molecule has 0 unspecified atom stereocenters. The molecule has 0 bridgehead atoms. The van der Waals surface area contributed by atoms with Crippen LogP contribution in [0.15, 0.2) is 41.3 Å². The zero-order valence-corrected chi connectivity index (χ0v) is 10.3. The first kappa shape index (κ1) is 13.8. The highest BCUT2D eigenvalue weighted by Crippen LogP contribution is 2.17. The number of allylic oxidation sites excluding steroid dienone is 1.